The predicted octanol–water partition coefficient (Wildman–Crippen LogP) is 2.19. The van der Waals surface area contributed by atoms with Gasteiger partial charge in [0.05, 0.1) is 10.2 Å². The van der Waals surface area contributed by atoms with Gasteiger partial charge in [-0.2, -0.15) is 0 Å². The maximum atomic E-state index is 10.7. The number of nitrogens with zero attached hydrogens (tertiary/aromatic N) is 1. The number of fused-ring (bicyclic) bond motifs is 1. The van der Waals surface area contributed by atoms with Crippen molar-refractivity contribution in [2.75, 3.05) is 0 Å². The maximum Gasteiger partial charge on any atom is 0.216 e. The summed E-state index contributed by atoms with van der Waals surface area (Å²) in [5.74, 6) is 0. The first kappa shape index (κ1) is 8.80. The second-order valence-electron chi connectivity index (χ2n) is 2.70. The number of rotatable bonds is 1. The van der Waals surface area contributed by atoms with Crippen molar-refractivity contribution in [2.45, 2.75) is 11.3 Å². The lowest BCUT2D eigenvalue weighted by Gasteiger charge is -1.88. The van der Waals surface area contributed by atoms with Crippen LogP contribution >= 0.6 is 11.3 Å². The third-order valence-electron chi connectivity index (χ3n) is 1.67. The number of aryl methyl sites for hydroxylation is 1. The largest absolute Gasteiger partial charge is 0.300 e. The van der Waals surface area contributed by atoms with Gasteiger partial charge in [-0.1, -0.05) is 6.07 Å². The molecule has 0 amide bonds. The highest BCUT2D eigenvalue weighted by Crippen LogP contribution is 2.24. The Hall–Kier alpha value is -0.780. The molecule has 0 fully saturated rings. The van der Waals surface area contributed by atoms with Crippen LogP contribution in [0.2, 0.25) is 0 Å². The predicted molar refractivity (Wildman–Crippen MR) is 53.4 cm³/mol. The van der Waals surface area contributed by atoms with Gasteiger partial charge in [0, 0.05) is 0 Å². The van der Waals surface area contributed by atoms with Crippen molar-refractivity contribution >= 4 is 32.6 Å². The third-order valence-corrected chi connectivity index (χ3v) is 3.57. The Kier molecular flexibility index (Phi) is 2.15. The highest BCUT2D eigenvalue weighted by atomic mass is 32.2. The molecule has 1 N–H and O–H groups in total. The Bertz CT molecular complexity index is 478. The van der Waals surface area contributed by atoms with E-state index in [0.717, 1.165) is 15.8 Å². The Balaban J connectivity index is 2.68. The van der Waals surface area contributed by atoms with E-state index in [9.17, 15) is 4.21 Å². The molecule has 0 saturated carbocycles. The third kappa shape index (κ3) is 1.63. The van der Waals surface area contributed by atoms with Crippen molar-refractivity contribution in [1.29, 1.82) is 0 Å². The van der Waals surface area contributed by atoms with E-state index in [1.807, 2.05) is 25.1 Å². The molecular formula is C8H7NO2S2. The Morgan fingerprint density at radius 1 is 1.54 bits per heavy atom. The SMILES string of the molecule is Cc1ccc2sc(S(=O)O)nc2c1. The zero-order chi connectivity index (χ0) is 9.42. The van der Waals surface area contributed by atoms with Gasteiger partial charge >= 0.3 is 0 Å². The van der Waals surface area contributed by atoms with E-state index in [-0.39, 0.29) is 4.34 Å². The Labute approximate surface area is 81.7 Å². The molecule has 0 aliphatic heterocycles. The van der Waals surface area contributed by atoms with E-state index >= 15 is 0 Å². The molecule has 13 heavy (non-hydrogen) atoms. The number of benzene rings is 1. The van der Waals surface area contributed by atoms with Crippen LogP contribution < -0.4 is 0 Å². The normalized spacial score (nSPS) is 13.4. The number of hydrogen-bond acceptors (Lipinski definition) is 3. The molecule has 2 aromatic rings. The average molecular weight is 213 g/mol. The van der Waals surface area contributed by atoms with Gasteiger partial charge in [0.1, 0.15) is 0 Å². The molecule has 2 rings (SSSR count). The zero-order valence-electron chi connectivity index (χ0n) is 6.85. The summed E-state index contributed by atoms with van der Waals surface area (Å²) < 4.78 is 20.7. The molecular weight excluding hydrogens is 206 g/mol. The molecule has 0 aliphatic rings. The molecule has 1 aromatic heterocycles. The molecule has 5 heteroatoms. The minimum absolute atomic E-state index is 0.264. The fraction of sp³-hybridized carbons (Fsp3) is 0.125. The second kappa shape index (κ2) is 3.17. The lowest BCUT2D eigenvalue weighted by atomic mass is 10.2. The summed E-state index contributed by atoms with van der Waals surface area (Å²) in [7, 11) is 0. The molecule has 1 heterocycles. The molecule has 1 aromatic carbocycles. The molecule has 0 saturated heterocycles. The summed E-state index contributed by atoms with van der Waals surface area (Å²) in [5, 5.41) is 0. The summed E-state index contributed by atoms with van der Waals surface area (Å²) >= 11 is -0.708. The van der Waals surface area contributed by atoms with Crippen molar-refractivity contribution in [3.05, 3.63) is 23.8 Å². The quantitative estimate of drug-likeness (QED) is 0.739. The second-order valence-corrected chi connectivity index (χ2v) is 4.87. The van der Waals surface area contributed by atoms with Gasteiger partial charge in [-0.05, 0) is 24.6 Å². The standard InChI is InChI=1S/C8H7NO2S2/c1-5-2-3-7-6(4-5)9-8(12-7)13(10)11/h2-4H,1H3,(H,10,11). The summed E-state index contributed by atoms with van der Waals surface area (Å²) in [6.45, 7) is 1.97. The first-order chi connectivity index (χ1) is 6.16. The number of aromatic nitrogens is 1. The van der Waals surface area contributed by atoms with E-state index in [1.54, 1.807) is 0 Å². The van der Waals surface area contributed by atoms with Crippen molar-refractivity contribution in [1.82, 2.24) is 4.98 Å². The van der Waals surface area contributed by atoms with E-state index in [4.69, 9.17) is 4.55 Å². The number of thiazole rings is 1. The van der Waals surface area contributed by atoms with Crippen LogP contribution in [0, 0.1) is 6.92 Å². The van der Waals surface area contributed by atoms with Crippen molar-refractivity contribution in [2.24, 2.45) is 0 Å². The van der Waals surface area contributed by atoms with Crippen molar-refractivity contribution < 1.29 is 8.76 Å². The van der Waals surface area contributed by atoms with Crippen molar-refractivity contribution in [3.63, 3.8) is 0 Å². The van der Waals surface area contributed by atoms with E-state index < -0.39 is 11.1 Å². The van der Waals surface area contributed by atoms with E-state index in [0.29, 0.717) is 0 Å². The smallest absolute Gasteiger partial charge is 0.216 e. The van der Waals surface area contributed by atoms with Gasteiger partial charge in [-0.15, -0.1) is 11.3 Å². The molecule has 3 nitrogen and oxygen atoms in total. The Morgan fingerprint density at radius 3 is 3.00 bits per heavy atom. The van der Waals surface area contributed by atoms with Crippen LogP contribution in [0.15, 0.2) is 22.5 Å². The average Bonchev–Trinajstić information content (AvgIpc) is 2.46. The molecule has 1 atom stereocenters. The van der Waals surface area contributed by atoms with Crippen LogP contribution in [0.3, 0.4) is 0 Å². The monoisotopic (exact) mass is 213 g/mol. The fourth-order valence-electron chi connectivity index (χ4n) is 1.09. The van der Waals surface area contributed by atoms with Gasteiger partial charge in [0.2, 0.25) is 15.4 Å². The van der Waals surface area contributed by atoms with E-state index in [2.05, 4.69) is 4.98 Å². The summed E-state index contributed by atoms with van der Waals surface area (Å²) in [4.78, 5) is 4.04. The molecule has 1 unspecified atom stereocenters. The summed E-state index contributed by atoms with van der Waals surface area (Å²) in [6.07, 6.45) is 0. The molecule has 0 aliphatic carbocycles. The van der Waals surface area contributed by atoms with Crippen LogP contribution in [-0.2, 0) is 11.1 Å². The topological polar surface area (TPSA) is 50.2 Å². The fourth-order valence-corrected chi connectivity index (χ4v) is 2.50. The van der Waals surface area contributed by atoms with Crippen LogP contribution in [0.5, 0.6) is 0 Å². The van der Waals surface area contributed by atoms with E-state index in [1.165, 1.54) is 11.3 Å². The lowest BCUT2D eigenvalue weighted by molar-refractivity contribution is 0.564. The first-order valence-corrected chi connectivity index (χ1v) is 5.57. The maximum absolute atomic E-state index is 10.7. The van der Waals surface area contributed by atoms with Gasteiger partial charge in [0.25, 0.3) is 0 Å². The highest BCUT2D eigenvalue weighted by molar-refractivity contribution is 7.81. The summed E-state index contributed by atoms with van der Waals surface area (Å²) in [5.41, 5.74) is 1.90. The van der Waals surface area contributed by atoms with Crippen LogP contribution in [-0.4, -0.2) is 13.7 Å². The Morgan fingerprint density at radius 2 is 2.31 bits per heavy atom. The van der Waals surface area contributed by atoms with Gasteiger partial charge in [-0.25, -0.2) is 9.19 Å². The molecule has 68 valence electrons. The molecule has 0 bridgehead atoms. The van der Waals surface area contributed by atoms with Crippen LogP contribution in [0.4, 0.5) is 0 Å². The zero-order valence-corrected chi connectivity index (χ0v) is 8.48. The number of hydrogen-bond donors (Lipinski definition) is 1. The van der Waals surface area contributed by atoms with Gasteiger partial charge in [0.15, 0.2) is 0 Å². The minimum atomic E-state index is -1.96. The molecule has 0 spiro atoms. The van der Waals surface area contributed by atoms with Crippen LogP contribution in [0.25, 0.3) is 10.2 Å². The minimum Gasteiger partial charge on any atom is -0.300 e. The van der Waals surface area contributed by atoms with Crippen LogP contribution in [0.1, 0.15) is 5.56 Å². The van der Waals surface area contributed by atoms with Crippen molar-refractivity contribution in [3.8, 4) is 0 Å². The summed E-state index contributed by atoms with van der Waals surface area (Å²) in [6, 6.07) is 5.78. The van der Waals surface area contributed by atoms with Gasteiger partial charge < -0.3 is 4.55 Å². The first-order valence-electron chi connectivity index (χ1n) is 3.65. The molecule has 0 radical (unpaired) electrons. The van der Waals surface area contributed by atoms with Gasteiger partial charge in [-0.3, -0.25) is 0 Å². The highest BCUT2D eigenvalue weighted by Gasteiger charge is 2.07. The lowest BCUT2D eigenvalue weighted by Crippen LogP contribution is -1.84.